The fraction of sp³-hybridized carbons (Fsp3) is 0.250. The fourth-order valence-corrected chi connectivity index (χ4v) is 2.61. The average Bonchev–Trinajstić information content (AvgIpc) is 2.40. The summed E-state index contributed by atoms with van der Waals surface area (Å²) in [6.07, 6.45) is 1.10. The quantitative estimate of drug-likeness (QED) is 0.825. The number of nitrogens with one attached hydrogen (secondary N) is 2. The van der Waals surface area contributed by atoms with Crippen LogP contribution in [-0.2, 0) is 0 Å². The molecule has 18 heavy (non-hydrogen) atoms. The molecule has 1 heterocycles. The Kier molecular flexibility index (Phi) is 2.93. The topological polar surface area (TPSA) is 24.1 Å². The molecule has 2 atom stereocenters. The lowest BCUT2D eigenvalue weighted by Crippen LogP contribution is -2.28. The second-order valence-electron chi connectivity index (χ2n) is 4.93. The van der Waals surface area contributed by atoms with Gasteiger partial charge in [0.25, 0.3) is 0 Å². The molecule has 0 aliphatic carbocycles. The average molecular weight is 238 g/mol. The van der Waals surface area contributed by atoms with Crippen LogP contribution >= 0.6 is 0 Å². The molecule has 0 aromatic heterocycles. The largest absolute Gasteiger partial charge is 0.382 e. The maximum atomic E-state index is 3.63. The third-order valence-electron chi connectivity index (χ3n) is 3.44. The highest BCUT2D eigenvalue weighted by Gasteiger charge is 2.23. The van der Waals surface area contributed by atoms with Gasteiger partial charge in [0.1, 0.15) is 0 Å². The summed E-state index contributed by atoms with van der Waals surface area (Å²) >= 11 is 0. The van der Waals surface area contributed by atoms with E-state index in [-0.39, 0.29) is 0 Å². The Balaban J connectivity index is 1.89. The van der Waals surface area contributed by atoms with Gasteiger partial charge in [-0.3, -0.25) is 0 Å². The van der Waals surface area contributed by atoms with Gasteiger partial charge < -0.3 is 10.6 Å². The lowest BCUT2D eigenvalue weighted by atomic mass is 9.93. The van der Waals surface area contributed by atoms with Crippen molar-refractivity contribution in [1.29, 1.82) is 0 Å². The van der Waals surface area contributed by atoms with E-state index in [0.29, 0.717) is 12.1 Å². The number of para-hydroxylation sites is 2. The summed E-state index contributed by atoms with van der Waals surface area (Å²) in [5, 5.41) is 7.16. The van der Waals surface area contributed by atoms with E-state index in [0.717, 1.165) is 6.42 Å². The van der Waals surface area contributed by atoms with Crippen LogP contribution in [0.15, 0.2) is 54.6 Å². The predicted octanol–water partition coefficient (Wildman–Crippen LogP) is 4.04. The third kappa shape index (κ3) is 2.19. The Bertz CT molecular complexity index is 522. The first-order valence-electron chi connectivity index (χ1n) is 6.50. The van der Waals surface area contributed by atoms with E-state index < -0.39 is 0 Å². The van der Waals surface area contributed by atoms with Crippen molar-refractivity contribution in [2.75, 3.05) is 10.6 Å². The van der Waals surface area contributed by atoms with Gasteiger partial charge >= 0.3 is 0 Å². The molecule has 2 nitrogen and oxygen atoms in total. The Morgan fingerprint density at radius 3 is 2.56 bits per heavy atom. The summed E-state index contributed by atoms with van der Waals surface area (Å²) in [6, 6.07) is 19.9. The fourth-order valence-electron chi connectivity index (χ4n) is 2.61. The molecule has 2 heteroatoms. The van der Waals surface area contributed by atoms with Gasteiger partial charge in [0, 0.05) is 17.4 Å². The molecule has 0 saturated heterocycles. The number of benzene rings is 2. The highest BCUT2D eigenvalue weighted by atomic mass is 15.0. The molecule has 2 N–H and O–H groups in total. The van der Waals surface area contributed by atoms with Crippen LogP contribution in [0.4, 0.5) is 11.4 Å². The molecule has 3 rings (SSSR count). The van der Waals surface area contributed by atoms with Crippen molar-refractivity contribution < 1.29 is 0 Å². The number of fused-ring (bicyclic) bond motifs is 1. The van der Waals surface area contributed by atoms with Crippen LogP contribution in [0.3, 0.4) is 0 Å². The highest BCUT2D eigenvalue weighted by Crippen LogP contribution is 2.34. The van der Waals surface area contributed by atoms with E-state index in [1.54, 1.807) is 0 Å². The smallest absolute Gasteiger partial charge is 0.0553 e. The summed E-state index contributed by atoms with van der Waals surface area (Å²) in [5.41, 5.74) is 3.80. The Hall–Kier alpha value is -1.96. The Labute approximate surface area is 108 Å². The normalized spacial score (nSPS) is 21.8. The molecule has 1 aliphatic rings. The van der Waals surface area contributed by atoms with E-state index in [9.17, 15) is 0 Å². The summed E-state index contributed by atoms with van der Waals surface area (Å²) in [7, 11) is 0. The molecule has 92 valence electrons. The third-order valence-corrected chi connectivity index (χ3v) is 3.44. The summed E-state index contributed by atoms with van der Waals surface area (Å²) < 4.78 is 0. The van der Waals surface area contributed by atoms with Crippen LogP contribution in [0.2, 0.25) is 0 Å². The molecule has 2 aromatic rings. The minimum Gasteiger partial charge on any atom is -0.382 e. The Morgan fingerprint density at radius 2 is 1.72 bits per heavy atom. The van der Waals surface area contributed by atoms with E-state index in [4.69, 9.17) is 0 Å². The van der Waals surface area contributed by atoms with Gasteiger partial charge in [-0.2, -0.15) is 0 Å². The second kappa shape index (κ2) is 4.73. The van der Waals surface area contributed by atoms with Crippen molar-refractivity contribution in [3.8, 4) is 0 Å². The molecule has 1 unspecified atom stereocenters. The van der Waals surface area contributed by atoms with E-state index in [2.05, 4.69) is 66.1 Å². The maximum absolute atomic E-state index is 3.63. The van der Waals surface area contributed by atoms with Gasteiger partial charge in [-0.1, -0.05) is 36.4 Å². The lowest BCUT2D eigenvalue weighted by Gasteiger charge is -2.32. The highest BCUT2D eigenvalue weighted by molar-refractivity contribution is 5.58. The SMILES string of the molecule is CC1C[C@H](Nc2ccccc2)c2ccccc2N1. The van der Waals surface area contributed by atoms with E-state index in [1.165, 1.54) is 16.9 Å². The number of anilines is 2. The first kappa shape index (κ1) is 11.1. The molecule has 0 fully saturated rings. The zero-order valence-corrected chi connectivity index (χ0v) is 10.6. The summed E-state index contributed by atoms with van der Waals surface area (Å²) in [6.45, 7) is 2.23. The monoisotopic (exact) mass is 238 g/mol. The molecule has 0 amide bonds. The maximum Gasteiger partial charge on any atom is 0.0553 e. The minimum absolute atomic E-state index is 0.389. The van der Waals surface area contributed by atoms with Crippen molar-refractivity contribution in [2.24, 2.45) is 0 Å². The van der Waals surface area contributed by atoms with Gasteiger partial charge in [0.05, 0.1) is 6.04 Å². The van der Waals surface area contributed by atoms with Gasteiger partial charge in [-0.25, -0.2) is 0 Å². The van der Waals surface area contributed by atoms with E-state index >= 15 is 0 Å². The van der Waals surface area contributed by atoms with Crippen molar-refractivity contribution >= 4 is 11.4 Å². The summed E-state index contributed by atoms with van der Waals surface area (Å²) in [5.74, 6) is 0. The van der Waals surface area contributed by atoms with Crippen LogP contribution in [0.1, 0.15) is 24.9 Å². The van der Waals surface area contributed by atoms with Crippen LogP contribution in [0.25, 0.3) is 0 Å². The zero-order valence-electron chi connectivity index (χ0n) is 10.6. The van der Waals surface area contributed by atoms with Crippen molar-refractivity contribution in [3.05, 3.63) is 60.2 Å². The summed E-state index contributed by atoms with van der Waals surface area (Å²) in [4.78, 5) is 0. The molecule has 2 aromatic carbocycles. The van der Waals surface area contributed by atoms with Crippen molar-refractivity contribution in [3.63, 3.8) is 0 Å². The molecular weight excluding hydrogens is 220 g/mol. The van der Waals surface area contributed by atoms with Crippen LogP contribution in [-0.4, -0.2) is 6.04 Å². The van der Waals surface area contributed by atoms with Gasteiger partial charge in [0.15, 0.2) is 0 Å². The molecule has 1 aliphatic heterocycles. The number of hydrogen-bond acceptors (Lipinski definition) is 2. The van der Waals surface area contributed by atoms with Crippen molar-refractivity contribution in [2.45, 2.75) is 25.4 Å². The number of hydrogen-bond donors (Lipinski definition) is 2. The second-order valence-corrected chi connectivity index (χ2v) is 4.93. The Morgan fingerprint density at radius 1 is 1.00 bits per heavy atom. The van der Waals surface area contributed by atoms with Crippen LogP contribution in [0, 0.1) is 0 Å². The number of rotatable bonds is 2. The van der Waals surface area contributed by atoms with Gasteiger partial charge in [-0.05, 0) is 37.1 Å². The molecule has 0 saturated carbocycles. The molecule has 0 bridgehead atoms. The van der Waals surface area contributed by atoms with Gasteiger partial charge in [-0.15, -0.1) is 0 Å². The first-order valence-corrected chi connectivity index (χ1v) is 6.50. The van der Waals surface area contributed by atoms with Crippen LogP contribution < -0.4 is 10.6 Å². The van der Waals surface area contributed by atoms with Crippen molar-refractivity contribution in [1.82, 2.24) is 0 Å². The molecular formula is C16H18N2. The molecule has 0 spiro atoms. The first-order chi connectivity index (χ1) is 8.83. The predicted molar refractivity (Wildman–Crippen MR) is 76.9 cm³/mol. The lowest BCUT2D eigenvalue weighted by molar-refractivity contribution is 0.600. The zero-order chi connectivity index (χ0) is 12.4. The van der Waals surface area contributed by atoms with E-state index in [1.807, 2.05) is 6.07 Å². The molecule has 0 radical (unpaired) electrons. The van der Waals surface area contributed by atoms with Crippen LogP contribution in [0.5, 0.6) is 0 Å². The minimum atomic E-state index is 0.389. The van der Waals surface area contributed by atoms with Gasteiger partial charge in [0.2, 0.25) is 0 Å². The standard InChI is InChI=1S/C16H18N2/c1-12-11-16(18-13-7-3-2-4-8-13)14-9-5-6-10-15(14)17-12/h2-10,12,16-18H,11H2,1H3/t12?,16-/m0/s1.